The molecule has 0 saturated carbocycles. The molecule has 0 aliphatic rings. The molecule has 0 atom stereocenters. The summed E-state index contributed by atoms with van der Waals surface area (Å²) in [5, 5.41) is 0. The molecule has 0 unspecified atom stereocenters. The maximum atomic E-state index is 11.2. The molecule has 0 aromatic rings. The minimum atomic E-state index is -0.406. The van der Waals surface area contributed by atoms with Gasteiger partial charge < -0.3 is 4.74 Å². The molecular formula is C10H18O2. The Balaban J connectivity index is 3.72. The number of allylic oxidation sites excluding steroid dienone is 1. The van der Waals surface area contributed by atoms with E-state index >= 15 is 0 Å². The van der Waals surface area contributed by atoms with E-state index in [1.54, 1.807) is 0 Å². The zero-order chi connectivity index (χ0) is 9.61. The van der Waals surface area contributed by atoms with Gasteiger partial charge in [-0.25, -0.2) is 0 Å². The monoisotopic (exact) mass is 170 g/mol. The number of unbranched alkanes of at least 4 members (excludes halogenated alkanes) is 1. The van der Waals surface area contributed by atoms with Gasteiger partial charge in [-0.1, -0.05) is 13.3 Å². The summed E-state index contributed by atoms with van der Waals surface area (Å²) >= 11 is 0. The maximum absolute atomic E-state index is 11.2. The van der Waals surface area contributed by atoms with Crippen LogP contribution in [0.1, 0.15) is 40.5 Å². The van der Waals surface area contributed by atoms with Crippen molar-refractivity contribution in [2.45, 2.75) is 40.5 Å². The van der Waals surface area contributed by atoms with Gasteiger partial charge in [0.05, 0.1) is 11.7 Å². The van der Waals surface area contributed by atoms with Crippen LogP contribution in [-0.4, -0.2) is 5.97 Å². The molecule has 2 heteroatoms. The van der Waals surface area contributed by atoms with Crippen molar-refractivity contribution < 1.29 is 9.53 Å². The molecule has 0 amide bonds. The number of esters is 1. The quantitative estimate of drug-likeness (QED) is 0.481. The van der Waals surface area contributed by atoms with Crippen LogP contribution in [-0.2, 0) is 9.53 Å². The molecule has 0 aliphatic heterocycles. The van der Waals surface area contributed by atoms with Crippen LogP contribution < -0.4 is 0 Å². The van der Waals surface area contributed by atoms with Crippen molar-refractivity contribution in [3.63, 3.8) is 0 Å². The molecule has 0 rings (SSSR count). The zero-order valence-corrected chi connectivity index (χ0v) is 8.39. The lowest BCUT2D eigenvalue weighted by Crippen LogP contribution is -2.20. The standard InChI is InChI=1S/C10H18O2/c1-5-6-7-8-12-9(11)10(2,3)4/h7-8H,5-6H2,1-4H3/b8-7+. The van der Waals surface area contributed by atoms with E-state index in [1.165, 1.54) is 6.26 Å². The fourth-order valence-electron chi connectivity index (χ4n) is 0.521. The third-order valence-electron chi connectivity index (χ3n) is 1.34. The van der Waals surface area contributed by atoms with Crippen LogP contribution in [0.3, 0.4) is 0 Å². The van der Waals surface area contributed by atoms with Gasteiger partial charge in [-0.15, -0.1) is 0 Å². The highest BCUT2D eigenvalue weighted by atomic mass is 16.5. The van der Waals surface area contributed by atoms with E-state index in [0.717, 1.165) is 12.8 Å². The molecule has 0 spiro atoms. The van der Waals surface area contributed by atoms with Crippen LogP contribution in [0.25, 0.3) is 0 Å². The fraction of sp³-hybridized carbons (Fsp3) is 0.700. The molecule has 0 fully saturated rings. The van der Waals surface area contributed by atoms with Crippen LogP contribution in [0.5, 0.6) is 0 Å². The average Bonchev–Trinajstić information content (AvgIpc) is 1.96. The third kappa shape index (κ3) is 4.94. The molecule has 2 nitrogen and oxygen atoms in total. The molecule has 0 N–H and O–H groups in total. The van der Waals surface area contributed by atoms with Crippen molar-refractivity contribution in [3.8, 4) is 0 Å². The Morgan fingerprint density at radius 2 is 2.00 bits per heavy atom. The predicted molar refractivity (Wildman–Crippen MR) is 49.6 cm³/mol. The highest BCUT2D eigenvalue weighted by Crippen LogP contribution is 2.15. The number of carbonyl (C=O) groups is 1. The van der Waals surface area contributed by atoms with E-state index in [9.17, 15) is 4.79 Å². The first-order valence-electron chi connectivity index (χ1n) is 4.34. The number of rotatable bonds is 3. The Hall–Kier alpha value is -0.790. The van der Waals surface area contributed by atoms with Gasteiger partial charge in [0.2, 0.25) is 0 Å². The van der Waals surface area contributed by atoms with Crippen molar-refractivity contribution in [2.24, 2.45) is 5.41 Å². The molecule has 0 aromatic carbocycles. The number of hydrogen-bond acceptors (Lipinski definition) is 2. The summed E-state index contributed by atoms with van der Waals surface area (Å²) in [6.45, 7) is 7.59. The lowest BCUT2D eigenvalue weighted by atomic mass is 9.98. The van der Waals surface area contributed by atoms with E-state index in [-0.39, 0.29) is 5.97 Å². The molecule has 70 valence electrons. The Bertz CT molecular complexity index is 163. The van der Waals surface area contributed by atoms with Gasteiger partial charge in [0.1, 0.15) is 0 Å². The van der Waals surface area contributed by atoms with Gasteiger partial charge in [-0.3, -0.25) is 4.79 Å². The summed E-state index contributed by atoms with van der Waals surface area (Å²) in [6, 6.07) is 0. The highest BCUT2D eigenvalue weighted by Gasteiger charge is 2.21. The first-order valence-corrected chi connectivity index (χ1v) is 4.34. The van der Waals surface area contributed by atoms with E-state index in [2.05, 4.69) is 6.92 Å². The maximum Gasteiger partial charge on any atom is 0.316 e. The number of hydrogen-bond donors (Lipinski definition) is 0. The summed E-state index contributed by atoms with van der Waals surface area (Å²) in [5.74, 6) is -0.185. The minimum absolute atomic E-state index is 0.185. The average molecular weight is 170 g/mol. The Labute approximate surface area is 74.6 Å². The summed E-state index contributed by atoms with van der Waals surface area (Å²) in [4.78, 5) is 11.2. The van der Waals surface area contributed by atoms with E-state index in [1.807, 2.05) is 26.8 Å². The number of carbonyl (C=O) groups excluding carboxylic acids is 1. The summed E-state index contributed by atoms with van der Waals surface area (Å²) < 4.78 is 4.89. The second-order valence-corrected chi connectivity index (χ2v) is 3.82. The number of ether oxygens (including phenoxy) is 1. The SMILES string of the molecule is CCC/C=C/OC(=O)C(C)(C)C. The van der Waals surface area contributed by atoms with Crippen LogP contribution >= 0.6 is 0 Å². The van der Waals surface area contributed by atoms with Gasteiger partial charge in [0.15, 0.2) is 0 Å². The van der Waals surface area contributed by atoms with Crippen LogP contribution in [0.2, 0.25) is 0 Å². The lowest BCUT2D eigenvalue weighted by Gasteiger charge is -2.13. The predicted octanol–water partition coefficient (Wildman–Crippen LogP) is 2.89. The van der Waals surface area contributed by atoms with E-state index in [0.29, 0.717) is 0 Å². The van der Waals surface area contributed by atoms with Crippen molar-refractivity contribution in [2.75, 3.05) is 0 Å². The smallest absolute Gasteiger partial charge is 0.316 e. The van der Waals surface area contributed by atoms with Crippen LogP contribution in [0, 0.1) is 5.41 Å². The Morgan fingerprint density at radius 3 is 2.42 bits per heavy atom. The fourth-order valence-corrected chi connectivity index (χ4v) is 0.521. The van der Waals surface area contributed by atoms with E-state index in [4.69, 9.17) is 4.74 Å². The first-order chi connectivity index (χ1) is 5.48. The molecule has 0 aliphatic carbocycles. The zero-order valence-electron chi connectivity index (χ0n) is 8.39. The van der Waals surface area contributed by atoms with Crippen molar-refractivity contribution in [1.29, 1.82) is 0 Å². The van der Waals surface area contributed by atoms with Gasteiger partial charge in [-0.05, 0) is 33.3 Å². The Morgan fingerprint density at radius 1 is 1.42 bits per heavy atom. The summed E-state index contributed by atoms with van der Waals surface area (Å²) in [7, 11) is 0. The third-order valence-corrected chi connectivity index (χ3v) is 1.34. The summed E-state index contributed by atoms with van der Waals surface area (Å²) in [5.41, 5.74) is -0.406. The molecule has 0 bridgehead atoms. The van der Waals surface area contributed by atoms with Crippen LogP contribution in [0.4, 0.5) is 0 Å². The molecule has 0 heterocycles. The second-order valence-electron chi connectivity index (χ2n) is 3.82. The first kappa shape index (κ1) is 11.2. The van der Waals surface area contributed by atoms with Gasteiger partial charge in [0, 0.05) is 0 Å². The summed E-state index contributed by atoms with van der Waals surface area (Å²) in [6.07, 6.45) is 5.38. The molecule has 0 aromatic heterocycles. The van der Waals surface area contributed by atoms with Crippen molar-refractivity contribution >= 4 is 5.97 Å². The van der Waals surface area contributed by atoms with Gasteiger partial charge in [-0.2, -0.15) is 0 Å². The largest absolute Gasteiger partial charge is 0.434 e. The molecule has 0 radical (unpaired) electrons. The molecular weight excluding hydrogens is 152 g/mol. The van der Waals surface area contributed by atoms with Gasteiger partial charge >= 0.3 is 5.97 Å². The minimum Gasteiger partial charge on any atom is -0.434 e. The van der Waals surface area contributed by atoms with Gasteiger partial charge in [0.25, 0.3) is 0 Å². The van der Waals surface area contributed by atoms with Crippen LogP contribution in [0.15, 0.2) is 12.3 Å². The molecule has 12 heavy (non-hydrogen) atoms. The van der Waals surface area contributed by atoms with E-state index < -0.39 is 5.41 Å². The Kier molecular flexibility index (Phi) is 4.64. The highest BCUT2D eigenvalue weighted by molar-refractivity contribution is 5.75. The normalized spacial score (nSPS) is 12.0. The van der Waals surface area contributed by atoms with Crippen molar-refractivity contribution in [3.05, 3.63) is 12.3 Å². The van der Waals surface area contributed by atoms with Crippen molar-refractivity contribution in [1.82, 2.24) is 0 Å². The lowest BCUT2D eigenvalue weighted by molar-refractivity contribution is -0.146. The molecule has 0 saturated heterocycles. The topological polar surface area (TPSA) is 26.3 Å². The second kappa shape index (κ2) is 4.96.